The molecule has 0 unspecified atom stereocenters. The van der Waals surface area contributed by atoms with Gasteiger partial charge in [0.1, 0.15) is 5.60 Å². The van der Waals surface area contributed by atoms with Crippen LogP contribution >= 0.6 is 0 Å². The van der Waals surface area contributed by atoms with E-state index < -0.39 is 5.60 Å². The molecule has 106 valence electrons. The van der Waals surface area contributed by atoms with Crippen LogP contribution in [0, 0.1) is 0 Å². The third-order valence-corrected chi connectivity index (χ3v) is 3.42. The van der Waals surface area contributed by atoms with Gasteiger partial charge in [-0.05, 0) is 53.0 Å². The first-order chi connectivity index (χ1) is 8.31. The van der Waals surface area contributed by atoms with Crippen LogP contribution < -0.4 is 5.73 Å². The van der Waals surface area contributed by atoms with Crippen LogP contribution in [0.1, 0.15) is 53.4 Å². The predicted molar refractivity (Wildman–Crippen MR) is 73.3 cm³/mol. The molecule has 0 aromatic carbocycles. The minimum Gasteiger partial charge on any atom is -0.459 e. The van der Waals surface area contributed by atoms with Crippen LogP contribution in [-0.2, 0) is 9.53 Å². The summed E-state index contributed by atoms with van der Waals surface area (Å²) in [5, 5.41) is 0. The molecule has 18 heavy (non-hydrogen) atoms. The molecule has 1 saturated carbocycles. The van der Waals surface area contributed by atoms with Gasteiger partial charge in [0.2, 0.25) is 0 Å². The molecule has 0 aromatic rings. The van der Waals surface area contributed by atoms with Crippen molar-refractivity contribution in [1.29, 1.82) is 0 Å². The lowest BCUT2D eigenvalue weighted by atomic mass is 9.91. The number of hydrogen-bond acceptors (Lipinski definition) is 4. The first-order valence-electron chi connectivity index (χ1n) is 7.03. The molecule has 1 rings (SSSR count). The van der Waals surface area contributed by atoms with Gasteiger partial charge in [0.05, 0.1) is 6.54 Å². The van der Waals surface area contributed by atoms with Gasteiger partial charge >= 0.3 is 5.97 Å². The summed E-state index contributed by atoms with van der Waals surface area (Å²) in [5.41, 5.74) is 5.52. The van der Waals surface area contributed by atoms with E-state index in [1.807, 2.05) is 20.8 Å². The van der Waals surface area contributed by atoms with Crippen molar-refractivity contribution in [2.45, 2.75) is 71.1 Å². The molecule has 0 bridgehead atoms. The van der Waals surface area contributed by atoms with Gasteiger partial charge in [-0.15, -0.1) is 0 Å². The Morgan fingerprint density at radius 1 is 1.28 bits per heavy atom. The summed E-state index contributed by atoms with van der Waals surface area (Å²) >= 11 is 0. The quantitative estimate of drug-likeness (QED) is 0.781. The normalized spacial score (nSPS) is 25.2. The van der Waals surface area contributed by atoms with Gasteiger partial charge < -0.3 is 10.5 Å². The van der Waals surface area contributed by atoms with Crippen LogP contribution in [0.5, 0.6) is 0 Å². The molecule has 4 nitrogen and oxygen atoms in total. The molecule has 1 aliphatic rings. The van der Waals surface area contributed by atoms with Crippen molar-refractivity contribution in [3.05, 3.63) is 0 Å². The Labute approximate surface area is 111 Å². The molecule has 0 atom stereocenters. The van der Waals surface area contributed by atoms with Crippen molar-refractivity contribution in [2.24, 2.45) is 5.73 Å². The SMILES string of the molecule is CCN(CC(=O)OC(C)(C)C)C1CCC(N)CC1. The molecule has 0 spiro atoms. The summed E-state index contributed by atoms with van der Waals surface area (Å²) in [6.45, 7) is 9.09. The topological polar surface area (TPSA) is 55.6 Å². The number of carbonyl (C=O) groups is 1. The molecular weight excluding hydrogens is 228 g/mol. The second-order valence-corrected chi connectivity index (χ2v) is 6.22. The Kier molecular flexibility index (Phi) is 5.60. The Bertz CT molecular complexity index is 265. The lowest BCUT2D eigenvalue weighted by Gasteiger charge is -2.35. The van der Waals surface area contributed by atoms with Gasteiger partial charge in [0, 0.05) is 12.1 Å². The van der Waals surface area contributed by atoms with Crippen LogP contribution in [0.25, 0.3) is 0 Å². The maximum absolute atomic E-state index is 11.8. The summed E-state index contributed by atoms with van der Waals surface area (Å²) in [4.78, 5) is 14.1. The van der Waals surface area contributed by atoms with E-state index in [1.165, 1.54) is 0 Å². The standard InChI is InChI=1S/C14H28N2O2/c1-5-16(10-13(17)18-14(2,3)4)12-8-6-11(15)7-9-12/h11-12H,5-10,15H2,1-4H3. The molecule has 0 aliphatic heterocycles. The van der Waals surface area contributed by atoms with Crippen molar-refractivity contribution in [1.82, 2.24) is 4.90 Å². The average molecular weight is 256 g/mol. The van der Waals surface area contributed by atoms with Crippen molar-refractivity contribution in [3.63, 3.8) is 0 Å². The summed E-state index contributed by atoms with van der Waals surface area (Å²) in [6, 6.07) is 0.837. The van der Waals surface area contributed by atoms with E-state index in [9.17, 15) is 4.79 Å². The van der Waals surface area contributed by atoms with Gasteiger partial charge in [-0.2, -0.15) is 0 Å². The lowest BCUT2D eigenvalue weighted by Crippen LogP contribution is -2.44. The molecular formula is C14H28N2O2. The number of carbonyl (C=O) groups excluding carboxylic acids is 1. The van der Waals surface area contributed by atoms with E-state index in [1.54, 1.807) is 0 Å². The molecule has 0 aromatic heterocycles. The van der Waals surface area contributed by atoms with Gasteiger partial charge in [-0.3, -0.25) is 9.69 Å². The molecule has 0 heterocycles. The van der Waals surface area contributed by atoms with Crippen molar-refractivity contribution in [2.75, 3.05) is 13.1 Å². The molecule has 0 saturated heterocycles. The van der Waals surface area contributed by atoms with Crippen LogP contribution in [-0.4, -0.2) is 41.6 Å². The zero-order valence-electron chi connectivity index (χ0n) is 12.2. The van der Waals surface area contributed by atoms with Crippen LogP contribution in [0.4, 0.5) is 0 Å². The zero-order valence-corrected chi connectivity index (χ0v) is 12.2. The smallest absolute Gasteiger partial charge is 0.320 e. The monoisotopic (exact) mass is 256 g/mol. The first-order valence-corrected chi connectivity index (χ1v) is 7.03. The molecule has 4 heteroatoms. The van der Waals surface area contributed by atoms with Crippen molar-refractivity contribution < 1.29 is 9.53 Å². The lowest BCUT2D eigenvalue weighted by molar-refractivity contribution is -0.156. The van der Waals surface area contributed by atoms with E-state index in [2.05, 4.69) is 11.8 Å². The Balaban J connectivity index is 2.44. The number of nitrogens with zero attached hydrogens (tertiary/aromatic N) is 1. The van der Waals surface area contributed by atoms with Gasteiger partial charge in [0.25, 0.3) is 0 Å². The van der Waals surface area contributed by atoms with Crippen LogP contribution in [0.3, 0.4) is 0 Å². The van der Waals surface area contributed by atoms with E-state index in [0.29, 0.717) is 18.6 Å². The largest absolute Gasteiger partial charge is 0.459 e. The fourth-order valence-corrected chi connectivity index (χ4v) is 2.51. The van der Waals surface area contributed by atoms with Crippen LogP contribution in [0.15, 0.2) is 0 Å². The highest BCUT2D eigenvalue weighted by Crippen LogP contribution is 2.22. The molecule has 1 aliphatic carbocycles. The summed E-state index contributed by atoms with van der Waals surface area (Å²) in [7, 11) is 0. The highest BCUT2D eigenvalue weighted by molar-refractivity contribution is 5.72. The first kappa shape index (κ1) is 15.4. The number of likely N-dealkylation sites (N-methyl/N-ethyl adjacent to an activating group) is 1. The number of ether oxygens (including phenoxy) is 1. The Morgan fingerprint density at radius 3 is 2.28 bits per heavy atom. The Morgan fingerprint density at radius 2 is 1.83 bits per heavy atom. The average Bonchev–Trinajstić information content (AvgIpc) is 2.25. The van der Waals surface area contributed by atoms with Gasteiger partial charge in [-0.25, -0.2) is 0 Å². The third kappa shape index (κ3) is 5.36. The number of esters is 1. The molecule has 1 fully saturated rings. The van der Waals surface area contributed by atoms with E-state index in [-0.39, 0.29) is 5.97 Å². The zero-order chi connectivity index (χ0) is 13.8. The van der Waals surface area contributed by atoms with E-state index in [0.717, 1.165) is 32.2 Å². The second kappa shape index (κ2) is 6.53. The van der Waals surface area contributed by atoms with Gasteiger partial charge in [-0.1, -0.05) is 6.92 Å². The Hall–Kier alpha value is -0.610. The fraction of sp³-hybridized carbons (Fsp3) is 0.929. The number of hydrogen-bond donors (Lipinski definition) is 1. The van der Waals surface area contributed by atoms with Crippen molar-refractivity contribution in [3.8, 4) is 0 Å². The summed E-state index contributed by atoms with van der Waals surface area (Å²) in [6.07, 6.45) is 4.32. The number of rotatable bonds is 4. The van der Waals surface area contributed by atoms with Crippen LogP contribution in [0.2, 0.25) is 0 Å². The fourth-order valence-electron chi connectivity index (χ4n) is 2.51. The summed E-state index contributed by atoms with van der Waals surface area (Å²) in [5.74, 6) is -0.126. The van der Waals surface area contributed by atoms with E-state index >= 15 is 0 Å². The maximum Gasteiger partial charge on any atom is 0.320 e. The summed E-state index contributed by atoms with van der Waals surface area (Å²) < 4.78 is 5.38. The predicted octanol–water partition coefficient (Wildman–Crippen LogP) is 1.92. The molecule has 2 N–H and O–H groups in total. The van der Waals surface area contributed by atoms with E-state index in [4.69, 9.17) is 10.5 Å². The number of nitrogens with two attached hydrogens (primary N) is 1. The highest BCUT2D eigenvalue weighted by Gasteiger charge is 2.26. The second-order valence-electron chi connectivity index (χ2n) is 6.22. The minimum atomic E-state index is -0.397. The van der Waals surface area contributed by atoms with Crippen molar-refractivity contribution >= 4 is 5.97 Å². The minimum absolute atomic E-state index is 0.126. The molecule has 0 radical (unpaired) electrons. The molecule has 0 amide bonds. The highest BCUT2D eigenvalue weighted by atomic mass is 16.6. The van der Waals surface area contributed by atoms with Gasteiger partial charge in [0.15, 0.2) is 0 Å². The maximum atomic E-state index is 11.8. The third-order valence-electron chi connectivity index (χ3n) is 3.42.